The van der Waals surface area contributed by atoms with Gasteiger partial charge in [0, 0.05) is 17.4 Å². The minimum absolute atomic E-state index is 0.0105. The second-order valence-corrected chi connectivity index (χ2v) is 7.66. The number of hydrogen-bond donors (Lipinski definition) is 0. The number of rotatable bonds is 10. The Bertz CT molecular complexity index is 964. The van der Waals surface area contributed by atoms with E-state index in [-0.39, 0.29) is 19.6 Å². The van der Waals surface area contributed by atoms with Crippen molar-refractivity contribution in [2.45, 2.75) is 25.6 Å². The summed E-state index contributed by atoms with van der Waals surface area (Å²) in [7, 11) is 0. The molecule has 0 radical (unpaired) electrons. The van der Waals surface area contributed by atoms with E-state index in [4.69, 9.17) is 21.1 Å². The first-order valence-corrected chi connectivity index (χ1v) is 10.6. The van der Waals surface area contributed by atoms with E-state index in [1.165, 1.54) is 0 Å². The van der Waals surface area contributed by atoms with Crippen LogP contribution in [-0.2, 0) is 37.1 Å². The molecule has 164 valence electrons. The quantitative estimate of drug-likeness (QED) is 0.244. The molecular formula is C26H23ClO5. The van der Waals surface area contributed by atoms with E-state index in [0.717, 1.165) is 11.1 Å². The maximum absolute atomic E-state index is 13.1. The van der Waals surface area contributed by atoms with Gasteiger partial charge in [-0.15, -0.1) is 0 Å². The van der Waals surface area contributed by atoms with Crippen molar-refractivity contribution < 1.29 is 23.9 Å². The number of benzene rings is 3. The van der Waals surface area contributed by atoms with Crippen LogP contribution in [0, 0.1) is 5.92 Å². The van der Waals surface area contributed by atoms with Gasteiger partial charge in [0.15, 0.2) is 5.92 Å². The van der Waals surface area contributed by atoms with Crippen LogP contribution >= 0.6 is 11.6 Å². The normalized spacial score (nSPS) is 11.6. The summed E-state index contributed by atoms with van der Waals surface area (Å²) in [6, 6.07) is 25.0. The summed E-state index contributed by atoms with van der Waals surface area (Å²) in [5.41, 5.74) is 2.20. The number of ether oxygens (including phenoxy) is 2. The Kier molecular flexibility index (Phi) is 8.58. The van der Waals surface area contributed by atoms with Gasteiger partial charge in [-0.05, 0) is 28.8 Å². The zero-order chi connectivity index (χ0) is 22.8. The predicted octanol–water partition coefficient (Wildman–Crippen LogP) is 5.12. The van der Waals surface area contributed by atoms with Crippen molar-refractivity contribution in [1.29, 1.82) is 0 Å². The van der Waals surface area contributed by atoms with Gasteiger partial charge in [-0.25, -0.2) is 0 Å². The number of esters is 2. The maximum atomic E-state index is 13.1. The third-order valence-corrected chi connectivity index (χ3v) is 5.26. The second-order valence-electron chi connectivity index (χ2n) is 7.22. The molecule has 3 aromatic carbocycles. The molecule has 0 aromatic heterocycles. The third-order valence-electron chi connectivity index (χ3n) is 5.01. The van der Waals surface area contributed by atoms with Gasteiger partial charge in [0.25, 0.3) is 0 Å². The zero-order valence-electron chi connectivity index (χ0n) is 17.4. The molecule has 0 saturated carbocycles. The average Bonchev–Trinajstić information content (AvgIpc) is 2.83. The minimum Gasteiger partial charge on any atom is -0.460 e. The number of carbonyl (C=O) groups is 3. The van der Waals surface area contributed by atoms with Crippen LogP contribution in [0.2, 0.25) is 5.02 Å². The standard InChI is InChI=1S/C26H23ClO5/c27-22-13-11-21(12-14-22)23(15-16-28)24(25(29)31-17-19-7-3-1-4-8-19)26(30)32-18-20-9-5-2-6-10-20/h1-14,16,23-24H,15,17-18H2/t23-/m0/s1. The van der Waals surface area contributed by atoms with E-state index in [2.05, 4.69) is 0 Å². The molecule has 3 rings (SSSR count). The second kappa shape index (κ2) is 11.8. The zero-order valence-corrected chi connectivity index (χ0v) is 18.1. The van der Waals surface area contributed by atoms with Crippen LogP contribution in [0.4, 0.5) is 0 Å². The third kappa shape index (κ3) is 6.53. The van der Waals surface area contributed by atoms with Crippen LogP contribution in [0.25, 0.3) is 0 Å². The highest BCUT2D eigenvalue weighted by Crippen LogP contribution is 2.31. The number of carbonyl (C=O) groups excluding carboxylic acids is 3. The molecule has 0 N–H and O–H groups in total. The predicted molar refractivity (Wildman–Crippen MR) is 121 cm³/mol. The minimum atomic E-state index is -1.30. The lowest BCUT2D eigenvalue weighted by Crippen LogP contribution is -2.33. The van der Waals surface area contributed by atoms with Gasteiger partial charge < -0.3 is 14.3 Å². The van der Waals surface area contributed by atoms with Crippen LogP contribution in [0.5, 0.6) is 0 Å². The first-order chi connectivity index (χ1) is 15.6. The highest BCUT2D eigenvalue weighted by molar-refractivity contribution is 6.30. The van der Waals surface area contributed by atoms with Crippen molar-refractivity contribution in [2.75, 3.05) is 0 Å². The van der Waals surface area contributed by atoms with Crippen molar-refractivity contribution in [1.82, 2.24) is 0 Å². The molecule has 3 aromatic rings. The summed E-state index contributed by atoms with van der Waals surface area (Å²) >= 11 is 5.98. The van der Waals surface area contributed by atoms with Gasteiger partial charge in [0.05, 0.1) is 0 Å². The van der Waals surface area contributed by atoms with Crippen LogP contribution in [-0.4, -0.2) is 18.2 Å². The summed E-state index contributed by atoms with van der Waals surface area (Å²) in [6.07, 6.45) is 0.633. The molecule has 6 heteroatoms. The topological polar surface area (TPSA) is 69.7 Å². The Hall–Kier alpha value is -3.44. The Morgan fingerprint density at radius 2 is 1.22 bits per heavy atom. The molecular weight excluding hydrogens is 428 g/mol. The highest BCUT2D eigenvalue weighted by Gasteiger charge is 2.38. The molecule has 0 aliphatic rings. The molecule has 0 fully saturated rings. The van der Waals surface area contributed by atoms with Gasteiger partial charge in [0.2, 0.25) is 0 Å². The SMILES string of the molecule is O=CC[C@@H](c1ccc(Cl)cc1)C(C(=O)OCc1ccccc1)C(=O)OCc1ccccc1. The van der Waals surface area contributed by atoms with Crippen LogP contribution in [0.3, 0.4) is 0 Å². The molecule has 0 saturated heterocycles. The summed E-state index contributed by atoms with van der Waals surface area (Å²) < 4.78 is 10.9. The van der Waals surface area contributed by atoms with Gasteiger partial charge in [-0.3, -0.25) is 9.59 Å². The number of hydrogen-bond acceptors (Lipinski definition) is 5. The molecule has 1 atom stereocenters. The molecule has 5 nitrogen and oxygen atoms in total. The lowest BCUT2D eigenvalue weighted by Gasteiger charge is -2.23. The van der Waals surface area contributed by atoms with Gasteiger partial charge in [-0.2, -0.15) is 0 Å². The van der Waals surface area contributed by atoms with E-state index in [1.54, 1.807) is 24.3 Å². The summed E-state index contributed by atoms with van der Waals surface area (Å²) in [5, 5.41) is 0.508. The molecule has 0 amide bonds. The largest absolute Gasteiger partial charge is 0.460 e. The van der Waals surface area contributed by atoms with Gasteiger partial charge >= 0.3 is 11.9 Å². The molecule has 0 aliphatic heterocycles. The van der Waals surface area contributed by atoms with Crippen LogP contribution in [0.15, 0.2) is 84.9 Å². The monoisotopic (exact) mass is 450 g/mol. The number of aldehydes is 1. The van der Waals surface area contributed by atoms with Crippen LogP contribution in [0.1, 0.15) is 29.0 Å². The van der Waals surface area contributed by atoms with Crippen molar-refractivity contribution >= 4 is 29.8 Å². The first kappa shape index (κ1) is 23.2. The Morgan fingerprint density at radius 1 is 0.750 bits per heavy atom. The van der Waals surface area contributed by atoms with E-state index < -0.39 is 23.8 Å². The average molecular weight is 451 g/mol. The molecule has 0 spiro atoms. The fourth-order valence-corrected chi connectivity index (χ4v) is 3.47. The molecule has 0 unspecified atom stereocenters. The number of halogens is 1. The fourth-order valence-electron chi connectivity index (χ4n) is 3.34. The molecule has 0 bridgehead atoms. The Morgan fingerprint density at radius 3 is 1.66 bits per heavy atom. The molecule has 0 heterocycles. The van der Waals surface area contributed by atoms with E-state index >= 15 is 0 Å². The van der Waals surface area contributed by atoms with Crippen molar-refractivity contribution in [3.05, 3.63) is 107 Å². The molecule has 32 heavy (non-hydrogen) atoms. The first-order valence-electron chi connectivity index (χ1n) is 10.2. The Balaban J connectivity index is 1.83. The fraction of sp³-hybridized carbons (Fsp3) is 0.192. The molecule has 0 aliphatic carbocycles. The lowest BCUT2D eigenvalue weighted by atomic mass is 9.83. The van der Waals surface area contributed by atoms with Gasteiger partial charge in [0.1, 0.15) is 19.5 Å². The van der Waals surface area contributed by atoms with E-state index in [9.17, 15) is 14.4 Å². The van der Waals surface area contributed by atoms with Crippen molar-refractivity contribution in [3.63, 3.8) is 0 Å². The van der Waals surface area contributed by atoms with Crippen LogP contribution < -0.4 is 0 Å². The maximum Gasteiger partial charge on any atom is 0.321 e. The van der Waals surface area contributed by atoms with Crippen molar-refractivity contribution in [2.24, 2.45) is 5.92 Å². The van der Waals surface area contributed by atoms with E-state index in [1.807, 2.05) is 60.7 Å². The summed E-state index contributed by atoms with van der Waals surface area (Å²) in [6.45, 7) is 0.0210. The summed E-state index contributed by atoms with van der Waals surface area (Å²) in [4.78, 5) is 37.6. The smallest absolute Gasteiger partial charge is 0.321 e. The highest BCUT2D eigenvalue weighted by atomic mass is 35.5. The summed E-state index contributed by atoms with van der Waals surface area (Å²) in [5.74, 6) is -3.52. The van der Waals surface area contributed by atoms with Crippen molar-refractivity contribution in [3.8, 4) is 0 Å². The lowest BCUT2D eigenvalue weighted by molar-refractivity contribution is -0.165. The Labute approximate surface area is 191 Å². The van der Waals surface area contributed by atoms with Gasteiger partial charge in [-0.1, -0.05) is 84.4 Å². The van der Waals surface area contributed by atoms with E-state index in [0.29, 0.717) is 16.9 Å².